The van der Waals surface area contributed by atoms with Gasteiger partial charge in [-0.1, -0.05) is 24.3 Å². The van der Waals surface area contributed by atoms with E-state index in [4.69, 9.17) is 9.84 Å². The number of rotatable bonds is 4. The SMILES string of the molecule is CC(C)(C)OC(=O)NCc1ccc(CNC(=O)O)cc1. The van der Waals surface area contributed by atoms with Crippen molar-refractivity contribution in [2.24, 2.45) is 0 Å². The van der Waals surface area contributed by atoms with Gasteiger partial charge in [-0.05, 0) is 31.9 Å². The summed E-state index contributed by atoms with van der Waals surface area (Å²) in [7, 11) is 0. The zero-order valence-electron chi connectivity index (χ0n) is 11.9. The molecule has 0 aliphatic heterocycles. The van der Waals surface area contributed by atoms with Gasteiger partial charge in [0.05, 0.1) is 0 Å². The zero-order chi connectivity index (χ0) is 15.2. The van der Waals surface area contributed by atoms with Crippen molar-refractivity contribution in [2.75, 3.05) is 0 Å². The minimum Gasteiger partial charge on any atom is -0.465 e. The molecule has 3 N–H and O–H groups in total. The van der Waals surface area contributed by atoms with Crippen LogP contribution in [0.5, 0.6) is 0 Å². The van der Waals surface area contributed by atoms with Gasteiger partial charge in [-0.2, -0.15) is 0 Å². The van der Waals surface area contributed by atoms with Crippen molar-refractivity contribution in [3.8, 4) is 0 Å². The van der Waals surface area contributed by atoms with Crippen molar-refractivity contribution in [1.82, 2.24) is 10.6 Å². The molecule has 0 saturated carbocycles. The second-order valence-electron chi connectivity index (χ2n) is 5.33. The van der Waals surface area contributed by atoms with Crippen LogP contribution in [-0.4, -0.2) is 22.9 Å². The molecule has 1 aromatic carbocycles. The van der Waals surface area contributed by atoms with Gasteiger partial charge in [-0.25, -0.2) is 9.59 Å². The van der Waals surface area contributed by atoms with Gasteiger partial charge in [0.1, 0.15) is 5.60 Å². The molecule has 6 nitrogen and oxygen atoms in total. The number of carbonyl (C=O) groups is 2. The molecule has 0 unspecified atom stereocenters. The topological polar surface area (TPSA) is 87.7 Å². The third-order valence-electron chi connectivity index (χ3n) is 2.30. The van der Waals surface area contributed by atoms with Gasteiger partial charge in [-0.3, -0.25) is 0 Å². The maximum Gasteiger partial charge on any atom is 0.407 e. The molecule has 0 radical (unpaired) electrons. The number of carboxylic acid groups (broad SMARTS) is 1. The molecule has 0 aromatic heterocycles. The maximum atomic E-state index is 11.5. The average molecular weight is 280 g/mol. The minimum atomic E-state index is -1.05. The Kier molecular flexibility index (Phi) is 5.37. The van der Waals surface area contributed by atoms with E-state index in [1.165, 1.54) is 0 Å². The summed E-state index contributed by atoms with van der Waals surface area (Å²) in [4.78, 5) is 21.8. The van der Waals surface area contributed by atoms with E-state index in [1.54, 1.807) is 20.8 Å². The largest absolute Gasteiger partial charge is 0.465 e. The maximum absolute atomic E-state index is 11.5. The Morgan fingerprint density at radius 1 is 1.05 bits per heavy atom. The Labute approximate surface area is 118 Å². The fourth-order valence-electron chi connectivity index (χ4n) is 1.44. The van der Waals surface area contributed by atoms with Crippen molar-refractivity contribution in [3.63, 3.8) is 0 Å². The molecule has 0 aliphatic rings. The lowest BCUT2D eigenvalue weighted by atomic mass is 10.1. The van der Waals surface area contributed by atoms with E-state index in [2.05, 4.69) is 10.6 Å². The molecule has 110 valence electrons. The van der Waals surface area contributed by atoms with Crippen molar-refractivity contribution in [2.45, 2.75) is 39.5 Å². The summed E-state index contributed by atoms with van der Waals surface area (Å²) in [5.41, 5.74) is 1.25. The van der Waals surface area contributed by atoms with Crippen LogP contribution in [0.3, 0.4) is 0 Å². The number of hydrogen-bond acceptors (Lipinski definition) is 3. The first-order chi connectivity index (χ1) is 9.26. The summed E-state index contributed by atoms with van der Waals surface area (Å²) in [5.74, 6) is 0. The Balaban J connectivity index is 2.42. The molecule has 0 spiro atoms. The number of alkyl carbamates (subject to hydrolysis) is 1. The lowest BCUT2D eigenvalue weighted by molar-refractivity contribution is 0.0523. The van der Waals surface area contributed by atoms with E-state index in [0.29, 0.717) is 6.54 Å². The van der Waals surface area contributed by atoms with E-state index in [-0.39, 0.29) is 6.54 Å². The number of amides is 2. The fraction of sp³-hybridized carbons (Fsp3) is 0.429. The van der Waals surface area contributed by atoms with Crippen LogP contribution in [0.15, 0.2) is 24.3 Å². The monoisotopic (exact) mass is 280 g/mol. The van der Waals surface area contributed by atoms with E-state index < -0.39 is 17.8 Å². The predicted molar refractivity (Wildman–Crippen MR) is 74.4 cm³/mol. The smallest absolute Gasteiger partial charge is 0.407 e. The van der Waals surface area contributed by atoms with E-state index in [0.717, 1.165) is 11.1 Å². The molecule has 2 amide bonds. The van der Waals surface area contributed by atoms with Gasteiger partial charge in [0.2, 0.25) is 0 Å². The zero-order valence-corrected chi connectivity index (χ0v) is 11.9. The van der Waals surface area contributed by atoms with Gasteiger partial charge in [0.25, 0.3) is 0 Å². The molecular formula is C14H20N2O4. The number of nitrogens with one attached hydrogen (secondary N) is 2. The van der Waals surface area contributed by atoms with Crippen LogP contribution in [0.25, 0.3) is 0 Å². The Morgan fingerprint density at radius 2 is 1.50 bits per heavy atom. The van der Waals surface area contributed by atoms with Crippen LogP contribution in [0.1, 0.15) is 31.9 Å². The van der Waals surface area contributed by atoms with Gasteiger partial charge in [0.15, 0.2) is 0 Å². The molecule has 0 heterocycles. The highest BCUT2D eigenvalue weighted by molar-refractivity contribution is 5.67. The van der Waals surface area contributed by atoms with Crippen LogP contribution in [0, 0.1) is 0 Å². The highest BCUT2D eigenvalue weighted by Crippen LogP contribution is 2.08. The molecular weight excluding hydrogens is 260 g/mol. The predicted octanol–water partition coefficient (Wildman–Crippen LogP) is 2.48. The van der Waals surface area contributed by atoms with Crippen LogP contribution in [0.4, 0.5) is 9.59 Å². The standard InChI is InChI=1S/C14H20N2O4/c1-14(2,3)20-13(19)16-9-11-6-4-10(5-7-11)8-15-12(17)18/h4-7,15H,8-9H2,1-3H3,(H,16,19)(H,17,18). The first-order valence-electron chi connectivity index (χ1n) is 6.28. The van der Waals surface area contributed by atoms with E-state index in [1.807, 2.05) is 24.3 Å². The Bertz CT molecular complexity index is 463. The van der Waals surface area contributed by atoms with Crippen LogP contribution >= 0.6 is 0 Å². The fourth-order valence-corrected chi connectivity index (χ4v) is 1.44. The summed E-state index contributed by atoms with van der Waals surface area (Å²) >= 11 is 0. The number of benzene rings is 1. The normalized spacial score (nSPS) is 10.8. The van der Waals surface area contributed by atoms with Gasteiger partial charge < -0.3 is 20.5 Å². The van der Waals surface area contributed by atoms with Gasteiger partial charge in [0, 0.05) is 13.1 Å². The highest BCUT2D eigenvalue weighted by Gasteiger charge is 2.15. The lowest BCUT2D eigenvalue weighted by Crippen LogP contribution is -2.32. The van der Waals surface area contributed by atoms with Crippen molar-refractivity contribution >= 4 is 12.2 Å². The first-order valence-corrected chi connectivity index (χ1v) is 6.28. The molecule has 0 fully saturated rings. The lowest BCUT2D eigenvalue weighted by Gasteiger charge is -2.19. The molecule has 1 aromatic rings. The number of ether oxygens (including phenoxy) is 1. The summed E-state index contributed by atoms with van der Waals surface area (Å²) in [6, 6.07) is 7.27. The quantitative estimate of drug-likeness (QED) is 0.790. The Morgan fingerprint density at radius 3 is 1.90 bits per heavy atom. The van der Waals surface area contributed by atoms with Crippen molar-refractivity contribution in [1.29, 1.82) is 0 Å². The number of hydrogen-bond donors (Lipinski definition) is 3. The van der Waals surface area contributed by atoms with Crippen LogP contribution in [-0.2, 0) is 17.8 Å². The molecule has 0 aliphatic carbocycles. The van der Waals surface area contributed by atoms with Crippen LogP contribution in [0.2, 0.25) is 0 Å². The molecule has 0 saturated heterocycles. The molecule has 6 heteroatoms. The molecule has 1 rings (SSSR count). The van der Waals surface area contributed by atoms with Gasteiger partial charge >= 0.3 is 12.2 Å². The van der Waals surface area contributed by atoms with Crippen molar-refractivity contribution in [3.05, 3.63) is 35.4 Å². The molecule has 0 atom stereocenters. The summed E-state index contributed by atoms with van der Waals surface area (Å²) in [5, 5.41) is 13.4. The third-order valence-corrected chi connectivity index (χ3v) is 2.30. The second-order valence-corrected chi connectivity index (χ2v) is 5.33. The second kappa shape index (κ2) is 6.79. The van der Waals surface area contributed by atoms with E-state index in [9.17, 15) is 9.59 Å². The first kappa shape index (κ1) is 15.8. The average Bonchev–Trinajstić information content (AvgIpc) is 2.33. The number of carbonyl (C=O) groups excluding carboxylic acids is 1. The minimum absolute atomic E-state index is 0.259. The van der Waals surface area contributed by atoms with E-state index >= 15 is 0 Å². The summed E-state index contributed by atoms with van der Waals surface area (Å²) < 4.78 is 5.12. The summed E-state index contributed by atoms with van der Waals surface area (Å²) in [6.07, 6.45) is -1.52. The Hall–Kier alpha value is -2.24. The highest BCUT2D eigenvalue weighted by atomic mass is 16.6. The van der Waals surface area contributed by atoms with Crippen molar-refractivity contribution < 1.29 is 19.4 Å². The molecule has 20 heavy (non-hydrogen) atoms. The van der Waals surface area contributed by atoms with Gasteiger partial charge in [-0.15, -0.1) is 0 Å². The summed E-state index contributed by atoms with van der Waals surface area (Å²) in [6.45, 7) is 6.03. The molecule has 0 bridgehead atoms. The third kappa shape index (κ3) is 6.63. The van der Waals surface area contributed by atoms with Crippen LogP contribution < -0.4 is 10.6 Å².